The van der Waals surface area contributed by atoms with Crippen molar-refractivity contribution in [2.45, 2.75) is 26.4 Å². The van der Waals surface area contributed by atoms with Crippen molar-refractivity contribution in [1.82, 2.24) is 0 Å². The molecular formula is C11H13F2NO. The van der Waals surface area contributed by atoms with Gasteiger partial charge in [-0.25, -0.2) is 8.78 Å². The highest BCUT2D eigenvalue weighted by Crippen LogP contribution is 2.11. The lowest BCUT2D eigenvalue weighted by molar-refractivity contribution is 0.00193. The van der Waals surface area contributed by atoms with Crippen molar-refractivity contribution < 1.29 is 13.6 Å². The smallest absolute Gasteiger partial charge is 0.135 e. The van der Waals surface area contributed by atoms with E-state index in [0.29, 0.717) is 0 Å². The molecule has 1 aromatic carbocycles. The second-order valence-corrected chi connectivity index (χ2v) is 4.07. The molecule has 0 heterocycles. The Kier molecular flexibility index (Phi) is 3.39. The number of halogens is 2. The summed E-state index contributed by atoms with van der Waals surface area (Å²) in [6, 6.07) is 3.63. The molecule has 0 aliphatic carbocycles. The fourth-order valence-electron chi connectivity index (χ4n) is 0.871. The third-order valence-corrected chi connectivity index (χ3v) is 1.51. The standard InChI is InChI=1S/C11H13F2NO/c1-11(2,3)15-14-7-8-9(12)5-4-6-10(8)13/h4-7H,1-3H3/b14-7-. The first-order chi connectivity index (χ1) is 6.90. The zero-order valence-electron chi connectivity index (χ0n) is 8.92. The van der Waals surface area contributed by atoms with Crippen molar-refractivity contribution in [3.05, 3.63) is 35.4 Å². The second-order valence-electron chi connectivity index (χ2n) is 4.07. The van der Waals surface area contributed by atoms with Crippen LogP contribution in [0.1, 0.15) is 26.3 Å². The van der Waals surface area contributed by atoms with Crippen LogP contribution in [0.2, 0.25) is 0 Å². The van der Waals surface area contributed by atoms with Crippen LogP contribution in [0.5, 0.6) is 0 Å². The summed E-state index contributed by atoms with van der Waals surface area (Å²) in [6.07, 6.45) is 1.04. The molecule has 0 amide bonds. The van der Waals surface area contributed by atoms with Gasteiger partial charge in [0.15, 0.2) is 0 Å². The summed E-state index contributed by atoms with van der Waals surface area (Å²) in [5, 5.41) is 3.53. The third-order valence-electron chi connectivity index (χ3n) is 1.51. The molecule has 2 nitrogen and oxygen atoms in total. The monoisotopic (exact) mass is 213 g/mol. The van der Waals surface area contributed by atoms with Gasteiger partial charge in [0.2, 0.25) is 0 Å². The zero-order chi connectivity index (χ0) is 11.5. The van der Waals surface area contributed by atoms with Crippen LogP contribution < -0.4 is 0 Å². The van der Waals surface area contributed by atoms with E-state index in [0.717, 1.165) is 6.21 Å². The van der Waals surface area contributed by atoms with Crippen LogP contribution in [0.25, 0.3) is 0 Å². The highest BCUT2D eigenvalue weighted by atomic mass is 19.1. The first-order valence-electron chi connectivity index (χ1n) is 4.56. The molecule has 82 valence electrons. The molecule has 0 unspecified atom stereocenters. The van der Waals surface area contributed by atoms with E-state index in [9.17, 15) is 8.78 Å². The topological polar surface area (TPSA) is 21.6 Å². The number of nitrogens with zero attached hydrogens (tertiary/aromatic N) is 1. The second kappa shape index (κ2) is 4.38. The van der Waals surface area contributed by atoms with Crippen LogP contribution >= 0.6 is 0 Å². The van der Waals surface area contributed by atoms with Crippen molar-refractivity contribution in [3.63, 3.8) is 0 Å². The minimum Gasteiger partial charge on any atom is -0.390 e. The Balaban J connectivity index is 2.81. The Morgan fingerprint density at radius 3 is 2.20 bits per heavy atom. The largest absolute Gasteiger partial charge is 0.390 e. The summed E-state index contributed by atoms with van der Waals surface area (Å²) in [4.78, 5) is 4.98. The van der Waals surface area contributed by atoms with Gasteiger partial charge in [0, 0.05) is 0 Å². The minimum absolute atomic E-state index is 0.193. The number of rotatable bonds is 2. The highest BCUT2D eigenvalue weighted by molar-refractivity contribution is 5.79. The summed E-state index contributed by atoms with van der Waals surface area (Å²) in [7, 11) is 0. The molecular weight excluding hydrogens is 200 g/mol. The van der Waals surface area contributed by atoms with Crippen molar-refractivity contribution in [1.29, 1.82) is 0 Å². The number of hydrogen-bond donors (Lipinski definition) is 0. The van der Waals surface area contributed by atoms with E-state index in [4.69, 9.17) is 4.84 Å². The Bertz CT molecular complexity index is 349. The van der Waals surface area contributed by atoms with Gasteiger partial charge in [-0.3, -0.25) is 0 Å². The van der Waals surface area contributed by atoms with E-state index in [1.54, 1.807) is 20.8 Å². The normalized spacial score (nSPS) is 12.1. The molecule has 15 heavy (non-hydrogen) atoms. The Hall–Kier alpha value is -1.45. The van der Waals surface area contributed by atoms with Gasteiger partial charge in [0.1, 0.15) is 17.2 Å². The van der Waals surface area contributed by atoms with E-state index in [-0.39, 0.29) is 5.56 Å². The fourth-order valence-corrected chi connectivity index (χ4v) is 0.871. The van der Waals surface area contributed by atoms with Crippen LogP contribution in [-0.4, -0.2) is 11.8 Å². The quantitative estimate of drug-likeness (QED) is 0.546. The summed E-state index contributed by atoms with van der Waals surface area (Å²) < 4.78 is 26.2. The van der Waals surface area contributed by atoms with Crippen molar-refractivity contribution >= 4 is 6.21 Å². The van der Waals surface area contributed by atoms with Gasteiger partial charge in [-0.05, 0) is 32.9 Å². The maximum atomic E-state index is 13.1. The van der Waals surface area contributed by atoms with Gasteiger partial charge in [0.05, 0.1) is 11.8 Å². The summed E-state index contributed by atoms with van der Waals surface area (Å²) in [6.45, 7) is 5.38. The molecule has 0 atom stereocenters. The third kappa shape index (κ3) is 3.65. The Morgan fingerprint density at radius 2 is 1.73 bits per heavy atom. The van der Waals surface area contributed by atoms with Gasteiger partial charge < -0.3 is 4.84 Å². The average molecular weight is 213 g/mol. The number of oxime groups is 1. The molecule has 0 saturated heterocycles. The minimum atomic E-state index is -0.656. The first kappa shape index (κ1) is 11.6. The van der Waals surface area contributed by atoms with Crippen molar-refractivity contribution in [3.8, 4) is 0 Å². The molecule has 0 saturated carbocycles. The van der Waals surface area contributed by atoms with Crippen LogP contribution in [0.4, 0.5) is 8.78 Å². The van der Waals surface area contributed by atoms with Crippen molar-refractivity contribution in [2.75, 3.05) is 0 Å². The fraction of sp³-hybridized carbons (Fsp3) is 0.364. The Morgan fingerprint density at radius 1 is 1.20 bits per heavy atom. The summed E-state index contributed by atoms with van der Waals surface area (Å²) >= 11 is 0. The molecule has 0 aromatic heterocycles. The lowest BCUT2D eigenvalue weighted by Crippen LogP contribution is -2.15. The van der Waals surface area contributed by atoms with Gasteiger partial charge in [-0.15, -0.1) is 0 Å². The molecule has 0 radical (unpaired) electrons. The molecule has 1 rings (SSSR count). The molecule has 4 heteroatoms. The summed E-state index contributed by atoms with van der Waals surface area (Å²) in [5.41, 5.74) is -0.667. The number of benzene rings is 1. The SMILES string of the molecule is CC(C)(C)O/N=C\c1c(F)cccc1F. The predicted molar refractivity (Wildman–Crippen MR) is 54.8 cm³/mol. The van der Waals surface area contributed by atoms with Crippen LogP contribution in [-0.2, 0) is 4.84 Å². The maximum absolute atomic E-state index is 13.1. The molecule has 0 fully saturated rings. The molecule has 0 aliphatic rings. The van der Waals surface area contributed by atoms with Crippen molar-refractivity contribution in [2.24, 2.45) is 5.16 Å². The Labute approximate surface area is 87.6 Å². The van der Waals surface area contributed by atoms with E-state index in [1.165, 1.54) is 18.2 Å². The average Bonchev–Trinajstić information content (AvgIpc) is 2.08. The van der Waals surface area contributed by atoms with Crippen LogP contribution in [0, 0.1) is 11.6 Å². The van der Waals surface area contributed by atoms with E-state index >= 15 is 0 Å². The highest BCUT2D eigenvalue weighted by Gasteiger charge is 2.10. The van der Waals surface area contributed by atoms with Gasteiger partial charge >= 0.3 is 0 Å². The van der Waals surface area contributed by atoms with E-state index in [1.807, 2.05) is 0 Å². The molecule has 0 N–H and O–H groups in total. The van der Waals surface area contributed by atoms with E-state index < -0.39 is 17.2 Å². The number of hydrogen-bond acceptors (Lipinski definition) is 2. The van der Waals surface area contributed by atoms with Crippen LogP contribution in [0.15, 0.2) is 23.4 Å². The summed E-state index contributed by atoms with van der Waals surface area (Å²) in [5.74, 6) is -1.31. The van der Waals surface area contributed by atoms with Crippen LogP contribution in [0.3, 0.4) is 0 Å². The lowest BCUT2D eigenvalue weighted by atomic mass is 10.2. The predicted octanol–water partition coefficient (Wildman–Crippen LogP) is 3.11. The molecule has 0 aliphatic heterocycles. The van der Waals surface area contributed by atoms with Gasteiger partial charge in [-0.2, -0.15) is 0 Å². The van der Waals surface area contributed by atoms with Gasteiger partial charge in [-0.1, -0.05) is 11.2 Å². The maximum Gasteiger partial charge on any atom is 0.135 e. The van der Waals surface area contributed by atoms with Gasteiger partial charge in [0.25, 0.3) is 0 Å². The zero-order valence-corrected chi connectivity index (χ0v) is 8.92. The molecule has 0 bridgehead atoms. The molecule has 1 aromatic rings. The first-order valence-corrected chi connectivity index (χ1v) is 4.56. The lowest BCUT2D eigenvalue weighted by Gasteiger charge is -2.14. The molecule has 0 spiro atoms. The van der Waals surface area contributed by atoms with E-state index in [2.05, 4.69) is 5.16 Å².